The molecule has 1 unspecified atom stereocenters. The van der Waals surface area contributed by atoms with Crippen LogP contribution in [-0.4, -0.2) is 28.6 Å². The Balaban J connectivity index is 1.53. The quantitative estimate of drug-likeness (QED) is 0.276. The molecular formula is C24H17BrF2N4O3S2. The number of nitrogens with zero attached hydrogens (tertiary/aromatic N) is 2. The number of hydrogen-bond donors (Lipinski definition) is 2. The predicted molar refractivity (Wildman–Crippen MR) is 140 cm³/mol. The molecule has 0 spiro atoms. The van der Waals surface area contributed by atoms with Crippen LogP contribution in [0.2, 0.25) is 0 Å². The highest BCUT2D eigenvalue weighted by atomic mass is 79.9. The van der Waals surface area contributed by atoms with Crippen LogP contribution in [0.15, 0.2) is 52.1 Å². The van der Waals surface area contributed by atoms with Crippen LogP contribution in [0.4, 0.5) is 14.5 Å². The number of rotatable bonds is 6. The fourth-order valence-corrected chi connectivity index (χ4v) is 6.16. The molecule has 3 aromatic heterocycles. The van der Waals surface area contributed by atoms with E-state index in [4.69, 9.17) is 10.6 Å². The van der Waals surface area contributed by atoms with E-state index >= 15 is 0 Å². The molecule has 1 atom stereocenters. The molecule has 4 heterocycles. The summed E-state index contributed by atoms with van der Waals surface area (Å²) in [6.45, 7) is 1.89. The summed E-state index contributed by atoms with van der Waals surface area (Å²) in [7, 11) is 0. The number of aromatic nitrogens is 1. The zero-order valence-corrected chi connectivity index (χ0v) is 21.8. The second-order valence-electron chi connectivity index (χ2n) is 7.99. The SMILES string of the molecule is Cc1ccc(-c2cc(C(F)F)nc3sc(C(N)=O)c(NC(=O)C4CC(c5cccc(Br)c5)=NO4)c23)s1. The number of carbonyl (C=O) groups is 2. The molecule has 0 fully saturated rings. The first kappa shape index (κ1) is 24.5. The normalized spacial score (nSPS) is 15.2. The van der Waals surface area contributed by atoms with Crippen LogP contribution in [0.25, 0.3) is 20.7 Å². The summed E-state index contributed by atoms with van der Waals surface area (Å²) in [5.41, 5.74) is 7.14. The van der Waals surface area contributed by atoms with Crippen molar-refractivity contribution in [1.82, 2.24) is 4.98 Å². The highest BCUT2D eigenvalue weighted by Crippen LogP contribution is 2.44. The van der Waals surface area contributed by atoms with Gasteiger partial charge >= 0.3 is 0 Å². The number of pyridine rings is 1. The molecule has 184 valence electrons. The number of fused-ring (bicyclic) bond motifs is 1. The first-order chi connectivity index (χ1) is 17.2. The zero-order chi connectivity index (χ0) is 25.6. The lowest BCUT2D eigenvalue weighted by atomic mass is 10.0. The second-order valence-corrected chi connectivity index (χ2v) is 11.2. The number of primary amides is 1. The summed E-state index contributed by atoms with van der Waals surface area (Å²) >= 11 is 5.67. The summed E-state index contributed by atoms with van der Waals surface area (Å²) in [6, 6.07) is 12.4. The molecule has 1 aliphatic heterocycles. The van der Waals surface area contributed by atoms with Crippen molar-refractivity contribution in [3.8, 4) is 10.4 Å². The number of halogens is 3. The molecule has 7 nitrogen and oxygen atoms in total. The van der Waals surface area contributed by atoms with Crippen molar-refractivity contribution in [3.63, 3.8) is 0 Å². The average molecular weight is 591 g/mol. The fraction of sp³-hybridized carbons (Fsp3) is 0.167. The molecule has 2 amide bonds. The Morgan fingerprint density at radius 3 is 2.69 bits per heavy atom. The number of benzene rings is 1. The third kappa shape index (κ3) is 4.63. The van der Waals surface area contributed by atoms with Gasteiger partial charge in [0.25, 0.3) is 18.2 Å². The van der Waals surface area contributed by atoms with Gasteiger partial charge in [0.15, 0.2) is 0 Å². The van der Waals surface area contributed by atoms with Gasteiger partial charge < -0.3 is 15.9 Å². The lowest BCUT2D eigenvalue weighted by molar-refractivity contribution is -0.125. The zero-order valence-electron chi connectivity index (χ0n) is 18.6. The van der Waals surface area contributed by atoms with Gasteiger partial charge in [-0.2, -0.15) is 0 Å². The summed E-state index contributed by atoms with van der Waals surface area (Å²) in [5.74, 6) is -1.35. The Kier molecular flexibility index (Phi) is 6.58. The van der Waals surface area contributed by atoms with Crippen molar-refractivity contribution >= 4 is 72.0 Å². The lowest BCUT2D eigenvalue weighted by Gasteiger charge is -2.12. The number of aryl methyl sites for hydroxylation is 1. The van der Waals surface area contributed by atoms with E-state index < -0.39 is 30.0 Å². The number of amides is 2. The monoisotopic (exact) mass is 590 g/mol. The highest BCUT2D eigenvalue weighted by Gasteiger charge is 2.32. The minimum atomic E-state index is -2.81. The topological polar surface area (TPSA) is 107 Å². The Hall–Kier alpha value is -3.22. The Morgan fingerprint density at radius 2 is 2.03 bits per heavy atom. The van der Waals surface area contributed by atoms with Gasteiger partial charge in [0.2, 0.25) is 6.10 Å². The van der Waals surface area contributed by atoms with Crippen molar-refractivity contribution in [2.24, 2.45) is 10.9 Å². The maximum absolute atomic E-state index is 13.6. The first-order valence-electron chi connectivity index (χ1n) is 10.6. The van der Waals surface area contributed by atoms with Gasteiger partial charge in [-0.05, 0) is 37.3 Å². The van der Waals surface area contributed by atoms with Crippen molar-refractivity contribution in [2.45, 2.75) is 25.9 Å². The number of alkyl halides is 2. The molecule has 0 saturated heterocycles. The maximum atomic E-state index is 13.6. The molecule has 0 saturated carbocycles. The molecule has 1 aromatic carbocycles. The van der Waals surface area contributed by atoms with Crippen LogP contribution in [0, 0.1) is 6.92 Å². The number of nitrogens with two attached hydrogens (primary N) is 1. The number of hydrogen-bond acceptors (Lipinski definition) is 7. The van der Waals surface area contributed by atoms with Crippen molar-refractivity contribution in [2.75, 3.05) is 5.32 Å². The minimum absolute atomic E-state index is 0.0120. The fourth-order valence-electron chi connectivity index (χ4n) is 3.86. The highest BCUT2D eigenvalue weighted by molar-refractivity contribution is 9.10. The molecule has 36 heavy (non-hydrogen) atoms. The van der Waals surface area contributed by atoms with Gasteiger partial charge in [-0.1, -0.05) is 33.2 Å². The molecule has 0 aliphatic carbocycles. The molecule has 5 rings (SSSR count). The predicted octanol–water partition coefficient (Wildman–Crippen LogP) is 6.26. The van der Waals surface area contributed by atoms with Crippen molar-refractivity contribution in [3.05, 3.63) is 67.9 Å². The molecule has 1 aliphatic rings. The standard InChI is InChI=1S/C24H17BrF2N4O3S2/c1-10-5-6-17(35-10)13-8-15(21(26)27)29-24-18(13)19(20(36-24)22(28)32)30-23(33)16-9-14(31-34-16)11-3-2-4-12(25)7-11/h2-8,16,21H,9H2,1H3,(H2,28,32)(H,30,33). The number of carbonyl (C=O) groups excluding carboxylic acids is 2. The van der Waals surface area contributed by atoms with E-state index in [2.05, 4.69) is 31.4 Å². The maximum Gasteiger partial charge on any atom is 0.280 e. The average Bonchev–Trinajstić information content (AvgIpc) is 3.57. The van der Waals surface area contributed by atoms with Crippen LogP contribution in [0.3, 0.4) is 0 Å². The van der Waals surface area contributed by atoms with Crippen molar-refractivity contribution in [1.29, 1.82) is 0 Å². The van der Waals surface area contributed by atoms with E-state index in [0.29, 0.717) is 21.5 Å². The molecular weight excluding hydrogens is 574 g/mol. The van der Waals surface area contributed by atoms with Crippen LogP contribution < -0.4 is 11.1 Å². The Morgan fingerprint density at radius 1 is 1.22 bits per heavy atom. The Labute approximate surface area is 220 Å². The Bertz CT molecular complexity index is 1550. The van der Waals surface area contributed by atoms with Crippen LogP contribution in [0.1, 0.15) is 38.7 Å². The van der Waals surface area contributed by atoms with E-state index in [1.165, 1.54) is 17.4 Å². The van der Waals surface area contributed by atoms with E-state index in [9.17, 15) is 18.4 Å². The van der Waals surface area contributed by atoms with Gasteiger partial charge in [0.05, 0.1) is 11.4 Å². The number of oxime groups is 1. The molecule has 0 bridgehead atoms. The minimum Gasteiger partial charge on any atom is -0.382 e. The molecule has 12 heteroatoms. The summed E-state index contributed by atoms with van der Waals surface area (Å²) < 4.78 is 28.1. The van der Waals surface area contributed by atoms with Crippen LogP contribution in [0.5, 0.6) is 0 Å². The largest absolute Gasteiger partial charge is 0.382 e. The van der Waals surface area contributed by atoms with Crippen LogP contribution >= 0.6 is 38.6 Å². The molecule has 3 N–H and O–H groups in total. The van der Waals surface area contributed by atoms with E-state index in [1.54, 1.807) is 6.07 Å². The first-order valence-corrected chi connectivity index (χ1v) is 13.1. The molecule has 0 radical (unpaired) electrons. The number of nitrogens with one attached hydrogen (secondary N) is 1. The number of thiophene rings is 2. The lowest BCUT2D eigenvalue weighted by Crippen LogP contribution is -2.29. The summed E-state index contributed by atoms with van der Waals surface area (Å²) in [6.07, 6.45) is -3.55. The third-order valence-corrected chi connectivity index (χ3v) is 8.13. The smallest absolute Gasteiger partial charge is 0.280 e. The van der Waals surface area contributed by atoms with Gasteiger partial charge in [-0.25, -0.2) is 13.8 Å². The number of anilines is 1. The summed E-state index contributed by atoms with van der Waals surface area (Å²) in [5, 5.41) is 7.17. The van der Waals surface area contributed by atoms with Gasteiger partial charge in [-0.15, -0.1) is 22.7 Å². The third-order valence-electron chi connectivity index (χ3n) is 5.50. The van der Waals surface area contributed by atoms with Crippen molar-refractivity contribution < 1.29 is 23.2 Å². The van der Waals surface area contributed by atoms with Gasteiger partial charge in [-0.3, -0.25) is 9.59 Å². The molecule has 4 aromatic rings. The van der Waals surface area contributed by atoms with E-state index in [-0.39, 0.29) is 21.8 Å². The summed E-state index contributed by atoms with van der Waals surface area (Å²) in [4.78, 5) is 36.8. The van der Waals surface area contributed by atoms with E-state index in [1.807, 2.05) is 37.3 Å². The van der Waals surface area contributed by atoms with Gasteiger partial charge in [0.1, 0.15) is 15.4 Å². The van der Waals surface area contributed by atoms with Gasteiger partial charge in [0, 0.05) is 37.2 Å². The van der Waals surface area contributed by atoms with Crippen LogP contribution in [-0.2, 0) is 9.63 Å². The van der Waals surface area contributed by atoms with E-state index in [0.717, 1.165) is 26.3 Å². The second kappa shape index (κ2) is 9.68.